The van der Waals surface area contributed by atoms with E-state index in [9.17, 15) is 14.0 Å². The van der Waals surface area contributed by atoms with E-state index in [2.05, 4.69) is 11.9 Å². The highest BCUT2D eigenvalue weighted by Gasteiger charge is 2.18. The zero-order valence-corrected chi connectivity index (χ0v) is 15.1. The van der Waals surface area contributed by atoms with Crippen LogP contribution in [-0.2, 0) is 4.74 Å². The molecule has 0 N–H and O–H groups in total. The summed E-state index contributed by atoms with van der Waals surface area (Å²) in [7, 11) is 0. The number of hydrogen-bond donors (Lipinski definition) is 0. The molecule has 0 spiro atoms. The third kappa shape index (κ3) is 5.52. The summed E-state index contributed by atoms with van der Waals surface area (Å²) in [5.41, 5.74) is -0.167. The zero-order chi connectivity index (χ0) is 18.9. The van der Waals surface area contributed by atoms with Crippen LogP contribution in [0.25, 0.3) is 0 Å². The molecule has 0 fully saturated rings. The average molecular weight is 380 g/mol. The van der Waals surface area contributed by atoms with Gasteiger partial charge in [0, 0.05) is 0 Å². The molecule has 0 saturated heterocycles. The Morgan fingerprint density at radius 2 is 1.73 bits per heavy atom. The summed E-state index contributed by atoms with van der Waals surface area (Å²) < 4.78 is 23.8. The summed E-state index contributed by atoms with van der Waals surface area (Å²) in [5, 5.41) is -0.0407. The Morgan fingerprint density at radius 3 is 2.42 bits per heavy atom. The van der Waals surface area contributed by atoms with Gasteiger partial charge in [0.25, 0.3) is 0 Å². The van der Waals surface area contributed by atoms with Crippen LogP contribution in [0.4, 0.5) is 4.39 Å². The third-order valence-electron chi connectivity index (χ3n) is 3.51. The summed E-state index contributed by atoms with van der Waals surface area (Å²) in [6.45, 7) is 2.38. The molecule has 1 aromatic heterocycles. The number of carbonyl (C=O) groups excluding carboxylic acids is 2. The number of esters is 2. The fourth-order valence-corrected chi connectivity index (χ4v) is 2.36. The quantitative estimate of drug-likeness (QED) is 0.373. The minimum absolute atomic E-state index is 0.0189. The first-order chi connectivity index (χ1) is 12.5. The molecule has 0 radical (unpaired) electrons. The largest absolute Gasteiger partial charge is 0.461 e. The molecule has 1 heterocycles. The third-order valence-corrected chi connectivity index (χ3v) is 3.81. The van der Waals surface area contributed by atoms with Crippen molar-refractivity contribution in [3.8, 4) is 5.75 Å². The van der Waals surface area contributed by atoms with Crippen LogP contribution in [0, 0.1) is 5.82 Å². The Morgan fingerprint density at radius 1 is 1.04 bits per heavy atom. The summed E-state index contributed by atoms with van der Waals surface area (Å²) in [4.78, 5) is 28.1. The number of rotatable bonds is 8. The number of para-hydroxylation sites is 1. The van der Waals surface area contributed by atoms with E-state index in [4.69, 9.17) is 21.1 Å². The molecular weight excluding hydrogens is 361 g/mol. The number of unbranched alkanes of at least 4 members (excludes halogenated alkanes) is 3. The van der Waals surface area contributed by atoms with Gasteiger partial charge in [-0.3, -0.25) is 0 Å². The summed E-state index contributed by atoms with van der Waals surface area (Å²) in [6.07, 6.45) is 3.92. The number of benzene rings is 1. The minimum Gasteiger partial charge on any atom is -0.461 e. The maximum absolute atomic E-state index is 13.7. The van der Waals surface area contributed by atoms with Crippen LogP contribution < -0.4 is 4.74 Å². The summed E-state index contributed by atoms with van der Waals surface area (Å²) in [6, 6.07) is 8.17. The highest BCUT2D eigenvalue weighted by atomic mass is 35.5. The number of pyridine rings is 1. The first-order valence-electron chi connectivity index (χ1n) is 8.33. The van der Waals surface area contributed by atoms with E-state index in [0.29, 0.717) is 6.61 Å². The van der Waals surface area contributed by atoms with E-state index >= 15 is 0 Å². The first-order valence-corrected chi connectivity index (χ1v) is 8.71. The van der Waals surface area contributed by atoms with Crippen molar-refractivity contribution in [2.45, 2.75) is 32.6 Å². The Balaban J connectivity index is 2.01. The fourth-order valence-electron chi connectivity index (χ4n) is 2.15. The van der Waals surface area contributed by atoms with Gasteiger partial charge in [-0.15, -0.1) is 0 Å². The van der Waals surface area contributed by atoms with Gasteiger partial charge < -0.3 is 9.47 Å². The number of carbonyl (C=O) groups is 2. The topological polar surface area (TPSA) is 65.5 Å². The maximum Gasteiger partial charge on any atom is 0.362 e. The molecule has 26 heavy (non-hydrogen) atoms. The smallest absolute Gasteiger partial charge is 0.362 e. The number of hydrogen-bond acceptors (Lipinski definition) is 5. The predicted molar refractivity (Wildman–Crippen MR) is 95.0 cm³/mol. The van der Waals surface area contributed by atoms with Crippen molar-refractivity contribution in [3.05, 3.63) is 58.6 Å². The van der Waals surface area contributed by atoms with Crippen LogP contribution in [0.1, 0.15) is 53.6 Å². The van der Waals surface area contributed by atoms with Crippen LogP contribution in [0.2, 0.25) is 5.02 Å². The molecule has 0 aliphatic heterocycles. The van der Waals surface area contributed by atoms with Crippen molar-refractivity contribution >= 4 is 23.5 Å². The van der Waals surface area contributed by atoms with Crippen LogP contribution in [0.3, 0.4) is 0 Å². The van der Waals surface area contributed by atoms with Gasteiger partial charge in [-0.05, 0) is 30.7 Å². The van der Waals surface area contributed by atoms with Gasteiger partial charge in [0.05, 0.1) is 11.6 Å². The molecular formula is C19H19ClFNO4. The van der Waals surface area contributed by atoms with Crippen LogP contribution in [-0.4, -0.2) is 23.5 Å². The predicted octanol–water partition coefficient (Wildman–Crippen LogP) is 4.83. The van der Waals surface area contributed by atoms with Gasteiger partial charge in [0.2, 0.25) is 0 Å². The van der Waals surface area contributed by atoms with Crippen molar-refractivity contribution in [1.29, 1.82) is 0 Å². The lowest BCUT2D eigenvalue weighted by atomic mass is 10.2. The van der Waals surface area contributed by atoms with Gasteiger partial charge in [-0.1, -0.05) is 49.9 Å². The molecule has 0 saturated carbocycles. The number of halogens is 2. The van der Waals surface area contributed by atoms with E-state index in [-0.39, 0.29) is 22.2 Å². The molecule has 0 unspecified atom stereocenters. The summed E-state index contributed by atoms with van der Waals surface area (Å²) in [5.74, 6) is -2.70. The fraction of sp³-hybridized carbons (Fsp3) is 0.316. The number of nitrogens with zero attached hydrogens (tertiary/aromatic N) is 1. The second kappa shape index (κ2) is 9.87. The number of ether oxygens (including phenoxy) is 2. The highest BCUT2D eigenvalue weighted by molar-refractivity contribution is 6.32. The lowest BCUT2D eigenvalue weighted by Gasteiger charge is -2.08. The van der Waals surface area contributed by atoms with E-state index in [1.807, 2.05) is 0 Å². The molecule has 0 aliphatic rings. The van der Waals surface area contributed by atoms with Gasteiger partial charge in [-0.2, -0.15) is 0 Å². The molecule has 2 rings (SSSR count). The normalized spacial score (nSPS) is 10.4. The standard InChI is InChI=1S/C19H19ClFNO4/c1-2-3-4-5-12-25-18(23)15-10-7-11-16(22-15)19(24)26-17-13(20)8-6-9-14(17)21/h6-11H,2-5,12H2,1H3. The summed E-state index contributed by atoms with van der Waals surface area (Å²) >= 11 is 5.82. The highest BCUT2D eigenvalue weighted by Crippen LogP contribution is 2.27. The minimum atomic E-state index is -0.922. The second-order valence-corrected chi connectivity index (χ2v) is 5.95. The number of aromatic nitrogens is 1. The van der Waals surface area contributed by atoms with Crippen molar-refractivity contribution in [1.82, 2.24) is 4.98 Å². The van der Waals surface area contributed by atoms with Crippen molar-refractivity contribution in [2.75, 3.05) is 6.61 Å². The molecule has 7 heteroatoms. The van der Waals surface area contributed by atoms with Gasteiger partial charge in [-0.25, -0.2) is 19.0 Å². The average Bonchev–Trinajstić information content (AvgIpc) is 2.64. The molecule has 0 aliphatic carbocycles. The molecule has 1 aromatic carbocycles. The van der Waals surface area contributed by atoms with Gasteiger partial charge in [0.15, 0.2) is 11.6 Å². The molecule has 0 amide bonds. The van der Waals surface area contributed by atoms with Gasteiger partial charge in [0.1, 0.15) is 11.4 Å². The lowest BCUT2D eigenvalue weighted by molar-refractivity contribution is 0.0490. The van der Waals surface area contributed by atoms with Crippen LogP contribution in [0.15, 0.2) is 36.4 Å². The van der Waals surface area contributed by atoms with E-state index < -0.39 is 17.8 Å². The van der Waals surface area contributed by atoms with Crippen molar-refractivity contribution in [3.63, 3.8) is 0 Å². The van der Waals surface area contributed by atoms with Crippen molar-refractivity contribution in [2.24, 2.45) is 0 Å². The van der Waals surface area contributed by atoms with E-state index in [1.54, 1.807) is 0 Å². The van der Waals surface area contributed by atoms with Crippen molar-refractivity contribution < 1.29 is 23.5 Å². The lowest BCUT2D eigenvalue weighted by Crippen LogP contribution is -2.15. The SMILES string of the molecule is CCCCCCOC(=O)c1cccc(C(=O)Oc2c(F)cccc2Cl)n1. The molecule has 5 nitrogen and oxygen atoms in total. The van der Waals surface area contributed by atoms with Crippen LogP contribution >= 0.6 is 11.6 Å². The monoisotopic (exact) mass is 379 g/mol. The van der Waals surface area contributed by atoms with Crippen LogP contribution in [0.5, 0.6) is 5.75 Å². The zero-order valence-electron chi connectivity index (χ0n) is 14.3. The first kappa shape index (κ1) is 19.8. The van der Waals surface area contributed by atoms with E-state index in [1.165, 1.54) is 30.3 Å². The molecule has 0 atom stereocenters. The second-order valence-electron chi connectivity index (χ2n) is 5.54. The van der Waals surface area contributed by atoms with E-state index in [0.717, 1.165) is 31.7 Å². The molecule has 138 valence electrons. The Hall–Kier alpha value is -2.47. The maximum atomic E-state index is 13.7. The Labute approximate surface area is 156 Å². The van der Waals surface area contributed by atoms with Gasteiger partial charge >= 0.3 is 11.9 Å². The Kier molecular flexibility index (Phi) is 7.53. The Bertz CT molecular complexity index is 762. The molecule has 0 bridgehead atoms. The molecule has 2 aromatic rings.